The van der Waals surface area contributed by atoms with E-state index in [1.165, 1.54) is 14.2 Å². The molecule has 0 radical (unpaired) electrons. The van der Waals surface area contributed by atoms with Crippen LogP contribution in [-0.4, -0.2) is 41.5 Å². The summed E-state index contributed by atoms with van der Waals surface area (Å²) in [5.41, 5.74) is 1.37. The fraction of sp³-hybridized carbons (Fsp3) is 0.389. The van der Waals surface area contributed by atoms with Gasteiger partial charge in [-0.3, -0.25) is 9.78 Å². The van der Waals surface area contributed by atoms with Gasteiger partial charge in [0, 0.05) is 18.8 Å². The minimum absolute atomic E-state index is 0.0146. The number of methoxy groups -OCH3 is 2. The molecule has 1 saturated heterocycles. The van der Waals surface area contributed by atoms with Crippen molar-refractivity contribution >= 4 is 5.91 Å². The lowest BCUT2D eigenvalue weighted by Gasteiger charge is -2.35. The van der Waals surface area contributed by atoms with Crippen molar-refractivity contribution in [3.05, 3.63) is 47.8 Å². The number of pyridine rings is 2. The maximum atomic E-state index is 13.1. The molecule has 0 spiro atoms. The van der Waals surface area contributed by atoms with Crippen LogP contribution >= 0.6 is 0 Å². The van der Waals surface area contributed by atoms with Crippen LogP contribution in [-0.2, 0) is 0 Å². The Hall–Kier alpha value is -2.63. The summed E-state index contributed by atoms with van der Waals surface area (Å²) in [4.78, 5) is 23.6. The topological polar surface area (TPSA) is 64.5 Å². The van der Waals surface area contributed by atoms with E-state index < -0.39 is 0 Å². The normalized spacial score (nSPS) is 17.4. The highest BCUT2D eigenvalue weighted by molar-refractivity contribution is 5.96. The largest absolute Gasteiger partial charge is 0.481 e. The lowest BCUT2D eigenvalue weighted by molar-refractivity contribution is 0.0601. The third kappa shape index (κ3) is 3.18. The number of rotatable bonds is 4. The monoisotopic (exact) mass is 327 g/mol. The number of amides is 1. The number of piperidine rings is 1. The number of carbonyl (C=O) groups excluding carboxylic acids is 1. The van der Waals surface area contributed by atoms with Crippen LogP contribution in [0.2, 0.25) is 0 Å². The molecule has 6 nitrogen and oxygen atoms in total. The van der Waals surface area contributed by atoms with E-state index in [0.717, 1.165) is 25.0 Å². The van der Waals surface area contributed by atoms with Gasteiger partial charge in [0.25, 0.3) is 5.91 Å². The maximum Gasteiger partial charge on any atom is 0.259 e. The molecule has 24 heavy (non-hydrogen) atoms. The Morgan fingerprint density at radius 1 is 1.17 bits per heavy atom. The van der Waals surface area contributed by atoms with Crippen molar-refractivity contribution in [2.45, 2.75) is 25.3 Å². The summed E-state index contributed by atoms with van der Waals surface area (Å²) in [7, 11) is 3.04. The van der Waals surface area contributed by atoms with E-state index in [4.69, 9.17) is 9.47 Å². The quantitative estimate of drug-likeness (QED) is 0.864. The molecule has 3 rings (SSSR count). The Kier molecular flexibility index (Phi) is 4.93. The average molecular weight is 327 g/mol. The molecular formula is C18H21N3O3. The van der Waals surface area contributed by atoms with Gasteiger partial charge in [0.1, 0.15) is 5.56 Å². The van der Waals surface area contributed by atoms with Crippen LogP contribution in [0.5, 0.6) is 11.8 Å². The van der Waals surface area contributed by atoms with Crippen molar-refractivity contribution in [1.82, 2.24) is 14.9 Å². The van der Waals surface area contributed by atoms with Gasteiger partial charge in [0.15, 0.2) is 0 Å². The van der Waals surface area contributed by atoms with E-state index in [2.05, 4.69) is 9.97 Å². The average Bonchev–Trinajstić information content (AvgIpc) is 2.67. The van der Waals surface area contributed by atoms with Crippen LogP contribution in [0.25, 0.3) is 0 Å². The van der Waals surface area contributed by atoms with Crippen molar-refractivity contribution in [2.24, 2.45) is 0 Å². The molecule has 0 aliphatic carbocycles. The van der Waals surface area contributed by atoms with Gasteiger partial charge in [0.05, 0.1) is 26.0 Å². The summed E-state index contributed by atoms with van der Waals surface area (Å²) in [6, 6.07) is 9.18. The van der Waals surface area contributed by atoms with Crippen LogP contribution < -0.4 is 9.47 Å². The number of carbonyl (C=O) groups is 1. The van der Waals surface area contributed by atoms with Crippen LogP contribution in [0.4, 0.5) is 0 Å². The summed E-state index contributed by atoms with van der Waals surface area (Å²) in [5, 5.41) is 0. The summed E-state index contributed by atoms with van der Waals surface area (Å²) in [6.45, 7) is 0.704. The lowest BCUT2D eigenvalue weighted by atomic mass is 9.98. The number of ether oxygens (including phenoxy) is 2. The molecule has 2 aromatic rings. The molecule has 0 saturated carbocycles. The molecule has 1 amide bonds. The summed E-state index contributed by atoms with van der Waals surface area (Å²) >= 11 is 0. The Balaban J connectivity index is 1.92. The number of nitrogens with zero attached hydrogens (tertiary/aromatic N) is 3. The summed E-state index contributed by atoms with van der Waals surface area (Å²) in [5.74, 6) is 0.616. The molecule has 1 aliphatic heterocycles. The predicted molar refractivity (Wildman–Crippen MR) is 89.2 cm³/mol. The molecule has 1 unspecified atom stereocenters. The Morgan fingerprint density at radius 2 is 2.04 bits per heavy atom. The molecule has 1 atom stereocenters. The van der Waals surface area contributed by atoms with Crippen LogP contribution in [0.15, 0.2) is 36.5 Å². The first kappa shape index (κ1) is 16.2. The second kappa shape index (κ2) is 7.29. The Bertz CT molecular complexity index is 706. The van der Waals surface area contributed by atoms with Gasteiger partial charge < -0.3 is 14.4 Å². The fourth-order valence-corrected chi connectivity index (χ4v) is 3.07. The maximum absolute atomic E-state index is 13.1. The van der Waals surface area contributed by atoms with Gasteiger partial charge >= 0.3 is 0 Å². The number of aromatic nitrogens is 2. The van der Waals surface area contributed by atoms with Gasteiger partial charge in [0.2, 0.25) is 11.8 Å². The molecule has 0 N–H and O–H groups in total. The Labute approximate surface area is 141 Å². The predicted octanol–water partition coefficient (Wildman–Crippen LogP) is 2.86. The van der Waals surface area contributed by atoms with Crippen molar-refractivity contribution in [3.63, 3.8) is 0 Å². The molecule has 1 aliphatic rings. The first-order chi connectivity index (χ1) is 11.7. The third-order valence-electron chi connectivity index (χ3n) is 4.26. The Morgan fingerprint density at radius 3 is 2.75 bits per heavy atom. The fourth-order valence-electron chi connectivity index (χ4n) is 3.07. The molecule has 2 aromatic heterocycles. The molecule has 1 fully saturated rings. The first-order valence-corrected chi connectivity index (χ1v) is 8.05. The smallest absolute Gasteiger partial charge is 0.259 e. The van der Waals surface area contributed by atoms with Gasteiger partial charge in [-0.15, -0.1) is 0 Å². The lowest BCUT2D eigenvalue weighted by Crippen LogP contribution is -2.39. The minimum Gasteiger partial charge on any atom is -0.481 e. The van der Waals surface area contributed by atoms with Crippen LogP contribution in [0.1, 0.15) is 41.4 Å². The summed E-state index contributed by atoms with van der Waals surface area (Å²) < 4.78 is 10.4. The van der Waals surface area contributed by atoms with Crippen LogP contribution in [0, 0.1) is 0 Å². The number of likely N-dealkylation sites (tertiary alicyclic amines) is 1. The SMILES string of the molecule is COc1ccc(C(=O)N2CCCCC2c2ccccn2)c(OC)n1. The second-order valence-corrected chi connectivity index (χ2v) is 5.68. The third-order valence-corrected chi connectivity index (χ3v) is 4.26. The molecule has 3 heterocycles. The highest BCUT2D eigenvalue weighted by atomic mass is 16.5. The van der Waals surface area contributed by atoms with E-state index in [1.54, 1.807) is 18.3 Å². The zero-order chi connectivity index (χ0) is 16.9. The molecular weight excluding hydrogens is 306 g/mol. The number of hydrogen-bond acceptors (Lipinski definition) is 5. The minimum atomic E-state index is -0.0858. The molecule has 0 aromatic carbocycles. The van der Waals surface area contributed by atoms with Gasteiger partial charge in [-0.25, -0.2) is 0 Å². The van der Waals surface area contributed by atoms with E-state index in [1.807, 2.05) is 23.1 Å². The van der Waals surface area contributed by atoms with Crippen molar-refractivity contribution in [2.75, 3.05) is 20.8 Å². The molecule has 126 valence electrons. The highest BCUT2D eigenvalue weighted by Gasteiger charge is 2.31. The number of hydrogen-bond donors (Lipinski definition) is 0. The van der Waals surface area contributed by atoms with E-state index in [0.29, 0.717) is 18.0 Å². The zero-order valence-corrected chi connectivity index (χ0v) is 13.9. The van der Waals surface area contributed by atoms with E-state index in [-0.39, 0.29) is 17.8 Å². The van der Waals surface area contributed by atoms with E-state index in [9.17, 15) is 4.79 Å². The van der Waals surface area contributed by atoms with Crippen molar-refractivity contribution < 1.29 is 14.3 Å². The highest BCUT2D eigenvalue weighted by Crippen LogP contribution is 2.32. The zero-order valence-electron chi connectivity index (χ0n) is 13.9. The van der Waals surface area contributed by atoms with Gasteiger partial charge in [-0.2, -0.15) is 4.98 Å². The van der Waals surface area contributed by atoms with Crippen molar-refractivity contribution in [1.29, 1.82) is 0 Å². The second-order valence-electron chi connectivity index (χ2n) is 5.68. The van der Waals surface area contributed by atoms with Crippen LogP contribution in [0.3, 0.4) is 0 Å². The first-order valence-electron chi connectivity index (χ1n) is 8.05. The van der Waals surface area contributed by atoms with E-state index >= 15 is 0 Å². The van der Waals surface area contributed by atoms with Gasteiger partial charge in [-0.05, 0) is 37.5 Å². The van der Waals surface area contributed by atoms with Crippen molar-refractivity contribution in [3.8, 4) is 11.8 Å². The standard InChI is InChI=1S/C18H21N3O3/c1-23-16-10-9-13(17(20-16)24-2)18(22)21-12-6-4-8-15(21)14-7-3-5-11-19-14/h3,5,7,9-11,15H,4,6,8,12H2,1-2H3. The van der Waals surface area contributed by atoms with Gasteiger partial charge in [-0.1, -0.05) is 6.07 Å². The summed E-state index contributed by atoms with van der Waals surface area (Å²) in [6.07, 6.45) is 4.75. The molecule has 0 bridgehead atoms. The molecule has 6 heteroatoms.